The number of carbonyl (C=O) groups excluding carboxylic acids is 1. The van der Waals surface area contributed by atoms with Crippen LogP contribution in [0.25, 0.3) is 15.9 Å². The van der Waals surface area contributed by atoms with Gasteiger partial charge in [0.1, 0.15) is 33.7 Å². The molecule has 0 fully saturated rings. The van der Waals surface area contributed by atoms with E-state index in [1.807, 2.05) is 18.2 Å². The summed E-state index contributed by atoms with van der Waals surface area (Å²) >= 11 is 7.15. The van der Waals surface area contributed by atoms with Crippen LogP contribution in [0.15, 0.2) is 54.6 Å². The number of methoxy groups -OCH3 is 1. The van der Waals surface area contributed by atoms with Crippen LogP contribution in [0.3, 0.4) is 0 Å². The van der Waals surface area contributed by atoms with Crippen LogP contribution < -0.4 is 4.74 Å². The number of aromatic nitrogens is 2. The Morgan fingerprint density at radius 1 is 1.26 bits per heavy atom. The van der Waals surface area contributed by atoms with Gasteiger partial charge in [-0.1, -0.05) is 35.9 Å². The van der Waals surface area contributed by atoms with E-state index in [2.05, 4.69) is 27.0 Å². The van der Waals surface area contributed by atoms with Crippen molar-refractivity contribution in [3.8, 4) is 5.75 Å². The highest BCUT2D eigenvalue weighted by Gasteiger charge is 2.18. The average molecular weight is 512 g/mol. The third-order valence-electron chi connectivity index (χ3n) is 5.90. The lowest BCUT2D eigenvalue weighted by Gasteiger charge is -2.25. The summed E-state index contributed by atoms with van der Waals surface area (Å²) in [5.74, 6) is 0.860. The largest absolute Gasteiger partial charge is 0.489 e. The van der Waals surface area contributed by atoms with Crippen LogP contribution >= 0.6 is 22.9 Å². The van der Waals surface area contributed by atoms with Crippen LogP contribution in [0, 0.1) is 5.82 Å². The van der Waals surface area contributed by atoms with Gasteiger partial charge in [-0.2, -0.15) is 0 Å². The summed E-state index contributed by atoms with van der Waals surface area (Å²) in [5.41, 5.74) is 3.68. The van der Waals surface area contributed by atoms with Crippen molar-refractivity contribution in [2.75, 3.05) is 20.2 Å². The van der Waals surface area contributed by atoms with Gasteiger partial charge in [0.05, 0.1) is 19.2 Å². The molecule has 0 aliphatic carbocycles. The molecular formula is C26H23ClFN3O3S. The fourth-order valence-electron chi connectivity index (χ4n) is 4.05. The summed E-state index contributed by atoms with van der Waals surface area (Å²) in [6, 6.07) is 14.3. The van der Waals surface area contributed by atoms with Gasteiger partial charge < -0.3 is 14.5 Å². The van der Waals surface area contributed by atoms with Gasteiger partial charge in [0, 0.05) is 23.7 Å². The van der Waals surface area contributed by atoms with E-state index < -0.39 is 0 Å². The van der Waals surface area contributed by atoms with Crippen molar-refractivity contribution in [3.05, 3.63) is 87.3 Å². The number of nitrogens with one attached hydrogen (secondary N) is 1. The summed E-state index contributed by atoms with van der Waals surface area (Å²) in [6.45, 7) is 2.54. The van der Waals surface area contributed by atoms with E-state index in [-0.39, 0.29) is 18.4 Å². The number of ether oxygens (including phenoxy) is 2. The molecule has 0 bridgehead atoms. The van der Waals surface area contributed by atoms with Gasteiger partial charge >= 0.3 is 5.97 Å². The fraction of sp³-hybridized carbons (Fsp3) is 0.231. The highest BCUT2D eigenvalue weighted by atomic mass is 35.5. The first-order valence-corrected chi connectivity index (χ1v) is 12.3. The van der Waals surface area contributed by atoms with Crippen LogP contribution in [0.4, 0.5) is 4.39 Å². The van der Waals surface area contributed by atoms with Gasteiger partial charge in [-0.15, -0.1) is 11.3 Å². The predicted molar refractivity (Wildman–Crippen MR) is 135 cm³/mol. The summed E-state index contributed by atoms with van der Waals surface area (Å²) in [5, 5.41) is 0.367. The Bertz CT molecular complexity index is 1380. The van der Waals surface area contributed by atoms with Gasteiger partial charge in [-0.05, 0) is 47.9 Å². The van der Waals surface area contributed by atoms with E-state index in [0.29, 0.717) is 27.8 Å². The molecule has 0 spiro atoms. The standard InChI is InChI=1S/C26H23ClFN3O3S/c1-33-26(32)23-13-22-25(35-23)30-24(29-22)14-31-9-7-16(8-10-31)17-3-2-4-20(11-17)34-15-18-5-6-19(27)12-21(18)28/h2-7,11-13H,8-10,14-15H2,1H3,(H,29,30). The lowest BCUT2D eigenvalue weighted by molar-refractivity contribution is 0.0606. The second-order valence-electron chi connectivity index (χ2n) is 8.27. The van der Waals surface area contributed by atoms with E-state index in [4.69, 9.17) is 21.1 Å². The number of rotatable bonds is 7. The number of nitrogens with zero attached hydrogens (tertiary/aromatic N) is 2. The molecule has 1 N–H and O–H groups in total. The maximum absolute atomic E-state index is 14.0. The number of H-pyrrole nitrogens is 1. The molecule has 4 aromatic rings. The molecule has 2 aromatic carbocycles. The summed E-state index contributed by atoms with van der Waals surface area (Å²) in [4.78, 5) is 23.3. The van der Waals surface area contributed by atoms with Gasteiger partial charge in [0.25, 0.3) is 0 Å². The van der Waals surface area contributed by atoms with Crippen molar-refractivity contribution in [2.45, 2.75) is 19.6 Å². The smallest absolute Gasteiger partial charge is 0.348 e. The van der Waals surface area contributed by atoms with Gasteiger partial charge in [0.15, 0.2) is 0 Å². The summed E-state index contributed by atoms with van der Waals surface area (Å²) < 4.78 is 24.6. The molecule has 6 nitrogen and oxygen atoms in total. The first kappa shape index (κ1) is 23.5. The number of esters is 1. The molecule has 0 saturated heterocycles. The van der Waals surface area contributed by atoms with Gasteiger partial charge in [0.2, 0.25) is 0 Å². The normalized spacial score (nSPS) is 14.2. The second-order valence-corrected chi connectivity index (χ2v) is 9.74. The minimum Gasteiger partial charge on any atom is -0.489 e. The maximum Gasteiger partial charge on any atom is 0.348 e. The third-order valence-corrected chi connectivity index (χ3v) is 7.14. The Labute approximate surface area is 211 Å². The first-order valence-electron chi connectivity index (χ1n) is 11.1. The Balaban J connectivity index is 1.20. The summed E-state index contributed by atoms with van der Waals surface area (Å²) in [7, 11) is 1.37. The van der Waals surface area contributed by atoms with Crippen LogP contribution in [-0.4, -0.2) is 41.0 Å². The van der Waals surface area contributed by atoms with Crippen molar-refractivity contribution < 1.29 is 18.7 Å². The Hall–Kier alpha value is -3.20. The molecular weight excluding hydrogens is 489 g/mol. The van der Waals surface area contributed by atoms with E-state index >= 15 is 0 Å². The Morgan fingerprint density at radius 3 is 2.89 bits per heavy atom. The Kier molecular flexibility index (Phi) is 6.86. The summed E-state index contributed by atoms with van der Waals surface area (Å²) in [6.07, 6.45) is 3.12. The average Bonchev–Trinajstić information content (AvgIpc) is 3.42. The number of imidazole rings is 1. The van der Waals surface area contributed by atoms with E-state index in [1.165, 1.54) is 30.1 Å². The van der Waals surface area contributed by atoms with Crippen LogP contribution in [0.1, 0.15) is 33.0 Å². The van der Waals surface area contributed by atoms with Crippen molar-refractivity contribution >= 4 is 44.8 Å². The monoisotopic (exact) mass is 511 g/mol. The number of aromatic amines is 1. The third kappa shape index (κ3) is 5.40. The maximum atomic E-state index is 14.0. The zero-order chi connectivity index (χ0) is 24.4. The number of hydrogen-bond acceptors (Lipinski definition) is 6. The molecule has 2 aromatic heterocycles. The molecule has 180 valence electrons. The number of halogens is 2. The zero-order valence-electron chi connectivity index (χ0n) is 19.0. The van der Waals surface area contributed by atoms with E-state index in [1.54, 1.807) is 18.2 Å². The Morgan fingerprint density at radius 2 is 2.14 bits per heavy atom. The molecule has 1 aliphatic heterocycles. The highest BCUT2D eigenvalue weighted by Crippen LogP contribution is 2.28. The van der Waals surface area contributed by atoms with Crippen LogP contribution in [0.2, 0.25) is 5.02 Å². The quantitative estimate of drug-likeness (QED) is 0.305. The van der Waals surface area contributed by atoms with Crippen molar-refractivity contribution in [3.63, 3.8) is 0 Å². The van der Waals surface area contributed by atoms with Gasteiger partial charge in [-0.3, -0.25) is 4.90 Å². The predicted octanol–water partition coefficient (Wildman–Crippen LogP) is 6.07. The number of benzene rings is 2. The molecule has 35 heavy (non-hydrogen) atoms. The minimum atomic E-state index is -0.371. The SMILES string of the molecule is COC(=O)c1cc2[nH]c(CN3CC=C(c4cccc(OCc5ccc(Cl)cc5F)c4)CC3)nc2s1. The second kappa shape index (κ2) is 10.2. The van der Waals surface area contributed by atoms with Crippen LogP contribution in [-0.2, 0) is 17.9 Å². The molecule has 9 heteroatoms. The number of carbonyl (C=O) groups is 1. The van der Waals surface area contributed by atoms with Crippen molar-refractivity contribution in [1.29, 1.82) is 0 Å². The highest BCUT2D eigenvalue weighted by molar-refractivity contribution is 7.20. The molecule has 5 rings (SSSR count). The minimum absolute atomic E-state index is 0.140. The first-order chi connectivity index (χ1) is 17.0. The number of fused-ring (bicyclic) bond motifs is 1. The molecule has 0 amide bonds. The van der Waals surface area contributed by atoms with E-state index in [9.17, 15) is 9.18 Å². The molecule has 1 aliphatic rings. The lowest BCUT2D eigenvalue weighted by Crippen LogP contribution is -2.28. The number of hydrogen-bond donors (Lipinski definition) is 1. The molecule has 0 radical (unpaired) electrons. The lowest BCUT2D eigenvalue weighted by atomic mass is 9.99. The van der Waals surface area contributed by atoms with Gasteiger partial charge in [-0.25, -0.2) is 14.2 Å². The zero-order valence-corrected chi connectivity index (χ0v) is 20.6. The molecule has 0 saturated carbocycles. The molecule has 0 unspecified atom stereocenters. The fourth-order valence-corrected chi connectivity index (χ4v) is 5.14. The van der Waals surface area contributed by atoms with E-state index in [0.717, 1.165) is 41.2 Å². The number of thiophene rings is 1. The van der Waals surface area contributed by atoms with Crippen molar-refractivity contribution in [1.82, 2.24) is 14.9 Å². The topological polar surface area (TPSA) is 67.5 Å². The molecule has 0 atom stereocenters. The molecule has 3 heterocycles. The van der Waals surface area contributed by atoms with Crippen molar-refractivity contribution in [2.24, 2.45) is 0 Å². The van der Waals surface area contributed by atoms with Crippen LogP contribution in [0.5, 0.6) is 5.75 Å².